The van der Waals surface area contributed by atoms with Gasteiger partial charge in [-0.25, -0.2) is 0 Å². The van der Waals surface area contributed by atoms with Crippen LogP contribution in [0.2, 0.25) is 0 Å². The van der Waals surface area contributed by atoms with Crippen molar-refractivity contribution in [2.24, 2.45) is 0 Å². The van der Waals surface area contributed by atoms with Crippen LogP contribution in [0.25, 0.3) is 11.1 Å². The Morgan fingerprint density at radius 2 is 1.67 bits per heavy atom. The molecule has 0 aromatic heterocycles. The third-order valence-corrected chi connectivity index (χ3v) is 3.07. The van der Waals surface area contributed by atoms with Gasteiger partial charge >= 0.3 is 0 Å². The van der Waals surface area contributed by atoms with Gasteiger partial charge in [0.05, 0.1) is 0 Å². The van der Waals surface area contributed by atoms with E-state index in [0.29, 0.717) is 12.4 Å². The lowest BCUT2D eigenvalue weighted by Crippen LogP contribution is -2.02. The molecule has 0 spiro atoms. The van der Waals surface area contributed by atoms with E-state index in [2.05, 4.69) is 37.4 Å². The fourth-order valence-electron chi connectivity index (χ4n) is 1.67. The predicted molar refractivity (Wildman–Crippen MR) is 80.4 cm³/mol. The van der Waals surface area contributed by atoms with Crippen molar-refractivity contribution in [3.8, 4) is 16.9 Å². The zero-order valence-electron chi connectivity index (χ0n) is 10.2. The maximum absolute atomic E-state index is 5.80. The molecule has 2 aromatic rings. The largest absolute Gasteiger partial charge is 0.489 e. The van der Waals surface area contributed by atoms with E-state index in [4.69, 9.17) is 4.74 Å². The Kier molecular flexibility index (Phi) is 4.48. The van der Waals surface area contributed by atoms with Gasteiger partial charge in [0.2, 0.25) is 0 Å². The summed E-state index contributed by atoms with van der Waals surface area (Å²) in [4.78, 5) is 0. The summed E-state index contributed by atoms with van der Waals surface area (Å²) in [5.41, 5.74) is 3.23. The van der Waals surface area contributed by atoms with Crippen LogP contribution in [0.3, 0.4) is 0 Å². The maximum atomic E-state index is 5.80. The Bertz CT molecular complexity index is 520. The normalized spacial score (nSPS) is 10.1. The van der Waals surface area contributed by atoms with Gasteiger partial charge in [-0.05, 0) is 17.2 Å². The second-order valence-electron chi connectivity index (χ2n) is 4.06. The van der Waals surface area contributed by atoms with Crippen molar-refractivity contribution in [2.45, 2.75) is 0 Å². The van der Waals surface area contributed by atoms with E-state index in [0.717, 1.165) is 22.4 Å². The Labute approximate surface area is 114 Å². The fraction of sp³-hybridized carbons (Fsp3) is 0.125. The van der Waals surface area contributed by atoms with Gasteiger partial charge in [-0.1, -0.05) is 55.1 Å². The minimum absolute atomic E-state index is 0.507. The Morgan fingerprint density at radius 1 is 1.00 bits per heavy atom. The van der Waals surface area contributed by atoms with E-state index in [1.165, 1.54) is 0 Å². The lowest BCUT2D eigenvalue weighted by atomic mass is 10.1. The van der Waals surface area contributed by atoms with Crippen molar-refractivity contribution in [3.63, 3.8) is 0 Å². The van der Waals surface area contributed by atoms with Crippen LogP contribution in [0, 0.1) is 0 Å². The lowest BCUT2D eigenvalue weighted by Gasteiger charge is -2.12. The third-order valence-electron chi connectivity index (χ3n) is 2.63. The maximum Gasteiger partial charge on any atom is 0.127 e. The number of hydrogen-bond acceptors (Lipinski definition) is 2. The molecule has 18 heavy (non-hydrogen) atoms. The van der Waals surface area contributed by atoms with Crippen molar-refractivity contribution in [2.75, 3.05) is 12.4 Å². The van der Waals surface area contributed by atoms with Gasteiger partial charge in [0.15, 0.2) is 0 Å². The summed E-state index contributed by atoms with van der Waals surface area (Å²) in [5, 5.41) is 0. The molecule has 0 aliphatic heterocycles. The molecular weight excluding hydrogens is 240 g/mol. The van der Waals surface area contributed by atoms with Crippen LogP contribution in [0.5, 0.6) is 5.75 Å². The molecule has 0 unspecified atom stereocenters. The van der Waals surface area contributed by atoms with Crippen molar-refractivity contribution in [1.29, 1.82) is 0 Å². The molecule has 0 N–H and O–H groups in total. The second kappa shape index (κ2) is 6.31. The SMILES string of the molecule is C=C(CS)COc1ccccc1-c1ccccc1. The van der Waals surface area contributed by atoms with Crippen molar-refractivity contribution in [1.82, 2.24) is 0 Å². The number of para-hydroxylation sites is 1. The summed E-state index contributed by atoms with van der Waals surface area (Å²) in [5.74, 6) is 1.53. The average Bonchev–Trinajstić information content (AvgIpc) is 2.46. The van der Waals surface area contributed by atoms with Gasteiger partial charge in [-0.3, -0.25) is 0 Å². The smallest absolute Gasteiger partial charge is 0.127 e. The Morgan fingerprint density at radius 3 is 2.39 bits per heavy atom. The minimum atomic E-state index is 0.507. The molecule has 0 heterocycles. The highest BCUT2D eigenvalue weighted by atomic mass is 32.1. The molecule has 92 valence electrons. The van der Waals surface area contributed by atoms with E-state index in [1.807, 2.05) is 36.4 Å². The molecule has 0 radical (unpaired) electrons. The van der Waals surface area contributed by atoms with E-state index in [1.54, 1.807) is 0 Å². The van der Waals surface area contributed by atoms with Crippen molar-refractivity contribution in [3.05, 3.63) is 66.7 Å². The van der Waals surface area contributed by atoms with Crippen LogP contribution in [-0.4, -0.2) is 12.4 Å². The summed E-state index contributed by atoms with van der Waals surface area (Å²) in [6.07, 6.45) is 0. The number of thiol groups is 1. The molecule has 0 amide bonds. The van der Waals surface area contributed by atoms with Gasteiger partial charge < -0.3 is 4.74 Å². The molecule has 1 nitrogen and oxygen atoms in total. The monoisotopic (exact) mass is 256 g/mol. The van der Waals surface area contributed by atoms with Crippen LogP contribution < -0.4 is 4.74 Å². The van der Waals surface area contributed by atoms with Crippen LogP contribution >= 0.6 is 12.6 Å². The van der Waals surface area contributed by atoms with E-state index in [9.17, 15) is 0 Å². The molecule has 0 bridgehead atoms. The lowest BCUT2D eigenvalue weighted by molar-refractivity contribution is 0.355. The number of benzene rings is 2. The average molecular weight is 256 g/mol. The molecule has 0 saturated heterocycles. The zero-order chi connectivity index (χ0) is 12.8. The molecule has 0 aliphatic rings. The fourth-order valence-corrected chi connectivity index (χ4v) is 1.77. The summed E-state index contributed by atoms with van der Waals surface area (Å²) >= 11 is 4.18. The van der Waals surface area contributed by atoms with Crippen LogP contribution in [0.1, 0.15) is 0 Å². The molecule has 0 saturated carbocycles. The highest BCUT2D eigenvalue weighted by molar-refractivity contribution is 7.80. The molecule has 2 aromatic carbocycles. The van der Waals surface area contributed by atoms with Gasteiger partial charge in [0.1, 0.15) is 12.4 Å². The minimum Gasteiger partial charge on any atom is -0.489 e. The van der Waals surface area contributed by atoms with E-state index >= 15 is 0 Å². The first-order valence-electron chi connectivity index (χ1n) is 5.86. The van der Waals surface area contributed by atoms with E-state index < -0.39 is 0 Å². The first kappa shape index (κ1) is 12.8. The molecule has 2 heteroatoms. The molecular formula is C16H16OS. The summed E-state index contributed by atoms with van der Waals surface area (Å²) in [6, 6.07) is 18.3. The van der Waals surface area contributed by atoms with E-state index in [-0.39, 0.29) is 0 Å². The number of hydrogen-bond donors (Lipinski definition) is 1. The van der Waals surface area contributed by atoms with Crippen molar-refractivity contribution >= 4 is 12.6 Å². The van der Waals surface area contributed by atoms with Gasteiger partial charge in [-0.2, -0.15) is 12.6 Å². The molecule has 0 fully saturated rings. The van der Waals surface area contributed by atoms with Gasteiger partial charge in [0.25, 0.3) is 0 Å². The number of rotatable bonds is 5. The van der Waals surface area contributed by atoms with Crippen LogP contribution in [0.4, 0.5) is 0 Å². The topological polar surface area (TPSA) is 9.23 Å². The standard InChI is InChI=1S/C16H16OS/c1-13(12-18)11-17-16-10-6-5-9-15(16)14-7-3-2-4-8-14/h2-10,18H,1,11-12H2. The van der Waals surface area contributed by atoms with Crippen molar-refractivity contribution < 1.29 is 4.74 Å². The first-order chi connectivity index (χ1) is 8.81. The highest BCUT2D eigenvalue weighted by Gasteiger charge is 2.05. The zero-order valence-corrected chi connectivity index (χ0v) is 11.1. The first-order valence-corrected chi connectivity index (χ1v) is 6.49. The predicted octanol–water partition coefficient (Wildman–Crippen LogP) is 4.22. The van der Waals surface area contributed by atoms with Crippen LogP contribution in [-0.2, 0) is 0 Å². The number of ether oxygens (including phenoxy) is 1. The quantitative estimate of drug-likeness (QED) is 0.622. The Balaban J connectivity index is 2.24. The third kappa shape index (κ3) is 3.17. The van der Waals surface area contributed by atoms with Gasteiger partial charge in [0, 0.05) is 11.3 Å². The highest BCUT2D eigenvalue weighted by Crippen LogP contribution is 2.29. The van der Waals surface area contributed by atoms with Gasteiger partial charge in [-0.15, -0.1) is 0 Å². The summed E-state index contributed by atoms with van der Waals surface area (Å²) in [6.45, 7) is 4.40. The molecule has 0 atom stereocenters. The van der Waals surface area contributed by atoms with Crippen LogP contribution in [0.15, 0.2) is 66.7 Å². The molecule has 0 aliphatic carbocycles. The summed E-state index contributed by atoms with van der Waals surface area (Å²) in [7, 11) is 0. The Hall–Kier alpha value is -1.67. The molecule has 2 rings (SSSR count). The summed E-state index contributed by atoms with van der Waals surface area (Å²) < 4.78 is 5.80. The second-order valence-corrected chi connectivity index (χ2v) is 4.38.